The topological polar surface area (TPSA) is 40.6 Å². The molecule has 0 amide bonds. The molecule has 0 aliphatic rings. The van der Waals surface area contributed by atoms with Crippen LogP contribution in [0.2, 0.25) is 0 Å². The average molecular weight is 880 g/mol. The molecular formula is C64H41N5. The fourth-order valence-electron chi connectivity index (χ4n) is 10.8. The summed E-state index contributed by atoms with van der Waals surface area (Å²) >= 11 is 0. The molecule has 14 rings (SSSR count). The quantitative estimate of drug-likeness (QED) is 0.160. The lowest BCUT2D eigenvalue weighted by molar-refractivity contribution is 1.15. The predicted octanol–water partition coefficient (Wildman–Crippen LogP) is 16.4. The maximum Gasteiger partial charge on any atom is 0.160 e. The fourth-order valence-corrected chi connectivity index (χ4v) is 10.8. The van der Waals surface area contributed by atoms with Crippen LogP contribution in [0, 0.1) is 0 Å². The summed E-state index contributed by atoms with van der Waals surface area (Å²) in [7, 11) is 0. The third-order valence-electron chi connectivity index (χ3n) is 13.9. The van der Waals surface area contributed by atoms with Crippen molar-refractivity contribution in [1.29, 1.82) is 0 Å². The summed E-state index contributed by atoms with van der Waals surface area (Å²) in [6, 6.07) is 89.4. The molecule has 0 saturated carbocycles. The fraction of sp³-hybridized carbons (Fsp3) is 0. The molecule has 0 aliphatic heterocycles. The second-order valence-corrected chi connectivity index (χ2v) is 17.7. The highest BCUT2D eigenvalue weighted by Gasteiger charge is 2.23. The summed E-state index contributed by atoms with van der Waals surface area (Å²) in [6.07, 6.45) is 0. The van der Waals surface area contributed by atoms with E-state index in [0.717, 1.165) is 67.3 Å². The normalized spacial score (nSPS) is 11.8. The monoisotopic (exact) mass is 879 g/mol. The highest BCUT2D eigenvalue weighted by atomic mass is 15.0. The highest BCUT2D eigenvalue weighted by molar-refractivity contribution is 6.13. The number of nitrogens with zero attached hydrogens (tertiary/aromatic N) is 5. The number of para-hydroxylation sites is 6. The standard InChI is InChI=1S/C64H41N5/c1-3-19-42(20-4-1)54-41-55(66-64(65-54)43-21-5-2-6-22-43)44-35-37-52(50-27-11-17-33-60(50)68-58-31-15-9-25-48(58)49-26-10-16-32-59(49)68)63(39-44)69-61-34-18-12-28-51(61)53-40-45(36-38-62(53)69)67-56-29-13-7-23-46(56)47-24-8-14-30-57(47)67/h1-41H. The van der Waals surface area contributed by atoms with Crippen molar-refractivity contribution in [3.63, 3.8) is 0 Å². The molecule has 4 heterocycles. The zero-order valence-electron chi connectivity index (χ0n) is 37.4. The van der Waals surface area contributed by atoms with Crippen LogP contribution >= 0.6 is 0 Å². The van der Waals surface area contributed by atoms with E-state index in [2.05, 4.69) is 238 Å². The maximum atomic E-state index is 5.34. The van der Waals surface area contributed by atoms with Gasteiger partial charge in [0, 0.05) is 65.8 Å². The van der Waals surface area contributed by atoms with E-state index in [4.69, 9.17) is 9.97 Å². The van der Waals surface area contributed by atoms with Crippen LogP contribution in [0.5, 0.6) is 0 Å². The van der Waals surface area contributed by atoms with E-state index < -0.39 is 0 Å². The Balaban J connectivity index is 1.06. The SMILES string of the molecule is c1ccc(-c2cc(-c3ccc(-c4ccccc4-n4c5ccccc5c5ccccc54)c(-n4c5ccccc5c5cc(-n6c7ccccc7c7ccccc76)ccc54)c3)nc(-c3ccccc3)n2)cc1. The lowest BCUT2D eigenvalue weighted by Crippen LogP contribution is -2.02. The molecule has 0 saturated heterocycles. The third kappa shape index (κ3) is 6.18. The molecule has 4 aromatic heterocycles. The van der Waals surface area contributed by atoms with Gasteiger partial charge in [-0.3, -0.25) is 0 Å². The van der Waals surface area contributed by atoms with E-state index in [1.54, 1.807) is 0 Å². The minimum absolute atomic E-state index is 0.684. The minimum Gasteiger partial charge on any atom is -0.309 e. The van der Waals surface area contributed by atoms with Gasteiger partial charge in [-0.1, -0.05) is 182 Å². The van der Waals surface area contributed by atoms with Gasteiger partial charge in [0.25, 0.3) is 0 Å². The van der Waals surface area contributed by atoms with Gasteiger partial charge >= 0.3 is 0 Å². The number of rotatable bonds is 7. The summed E-state index contributed by atoms with van der Waals surface area (Å²) in [5, 5.41) is 7.31. The van der Waals surface area contributed by atoms with Crippen molar-refractivity contribution in [2.45, 2.75) is 0 Å². The Kier molecular flexibility index (Phi) is 8.83. The molecule has 10 aromatic carbocycles. The molecule has 0 unspecified atom stereocenters. The first kappa shape index (κ1) is 38.9. The van der Waals surface area contributed by atoms with Crippen LogP contribution in [0.25, 0.3) is 128 Å². The Morgan fingerprint density at radius 3 is 1.25 bits per heavy atom. The van der Waals surface area contributed by atoms with Crippen LogP contribution in [0.15, 0.2) is 249 Å². The molecule has 0 radical (unpaired) electrons. The van der Waals surface area contributed by atoms with Crippen LogP contribution in [-0.4, -0.2) is 23.7 Å². The van der Waals surface area contributed by atoms with Gasteiger partial charge < -0.3 is 13.7 Å². The van der Waals surface area contributed by atoms with E-state index in [-0.39, 0.29) is 0 Å². The average Bonchev–Trinajstić information content (AvgIpc) is 4.07. The molecule has 5 heteroatoms. The molecule has 0 N–H and O–H groups in total. The first-order valence-electron chi connectivity index (χ1n) is 23.5. The smallest absolute Gasteiger partial charge is 0.160 e. The second-order valence-electron chi connectivity index (χ2n) is 17.7. The summed E-state index contributed by atoms with van der Waals surface area (Å²) in [5.74, 6) is 0.684. The zero-order valence-corrected chi connectivity index (χ0v) is 37.4. The largest absolute Gasteiger partial charge is 0.309 e. The lowest BCUT2D eigenvalue weighted by atomic mass is 9.97. The molecule has 69 heavy (non-hydrogen) atoms. The van der Waals surface area contributed by atoms with Crippen molar-refractivity contribution in [1.82, 2.24) is 23.7 Å². The van der Waals surface area contributed by atoms with Crippen LogP contribution in [-0.2, 0) is 0 Å². The lowest BCUT2D eigenvalue weighted by Gasteiger charge is -2.20. The summed E-state index contributed by atoms with van der Waals surface area (Å²) in [5.41, 5.74) is 17.2. The third-order valence-corrected chi connectivity index (χ3v) is 13.9. The Hall–Kier alpha value is -9.32. The number of hydrogen-bond donors (Lipinski definition) is 0. The Labute approximate surface area is 398 Å². The van der Waals surface area contributed by atoms with Crippen molar-refractivity contribution in [2.75, 3.05) is 0 Å². The van der Waals surface area contributed by atoms with Crippen LogP contribution in [0.3, 0.4) is 0 Å². The summed E-state index contributed by atoms with van der Waals surface area (Å²) < 4.78 is 7.32. The molecule has 0 spiro atoms. The van der Waals surface area contributed by atoms with Gasteiger partial charge in [0.05, 0.1) is 55.9 Å². The van der Waals surface area contributed by atoms with E-state index in [1.807, 2.05) is 24.3 Å². The molecule has 5 nitrogen and oxygen atoms in total. The molecule has 14 aromatic rings. The first-order chi connectivity index (χ1) is 34.2. The molecule has 0 atom stereocenters. The Morgan fingerprint density at radius 2 is 0.667 bits per heavy atom. The molecule has 0 fully saturated rings. The molecule has 0 aliphatic carbocycles. The van der Waals surface area contributed by atoms with E-state index >= 15 is 0 Å². The van der Waals surface area contributed by atoms with Crippen molar-refractivity contribution >= 4 is 65.4 Å². The van der Waals surface area contributed by atoms with Gasteiger partial charge in [-0.15, -0.1) is 0 Å². The van der Waals surface area contributed by atoms with Gasteiger partial charge in [0.1, 0.15) is 0 Å². The van der Waals surface area contributed by atoms with Gasteiger partial charge in [-0.25, -0.2) is 9.97 Å². The van der Waals surface area contributed by atoms with E-state index in [1.165, 1.54) is 54.4 Å². The van der Waals surface area contributed by atoms with Crippen LogP contribution in [0.1, 0.15) is 0 Å². The van der Waals surface area contributed by atoms with Crippen molar-refractivity contribution in [3.05, 3.63) is 249 Å². The molecule has 0 bridgehead atoms. The predicted molar refractivity (Wildman–Crippen MR) is 287 cm³/mol. The van der Waals surface area contributed by atoms with E-state index in [9.17, 15) is 0 Å². The van der Waals surface area contributed by atoms with Gasteiger partial charge in [0.2, 0.25) is 0 Å². The molecule has 322 valence electrons. The number of hydrogen-bond acceptors (Lipinski definition) is 2. The van der Waals surface area contributed by atoms with Gasteiger partial charge in [0.15, 0.2) is 5.82 Å². The zero-order chi connectivity index (χ0) is 45.4. The number of benzene rings is 10. The van der Waals surface area contributed by atoms with Gasteiger partial charge in [-0.05, 0) is 66.7 Å². The minimum atomic E-state index is 0.684. The van der Waals surface area contributed by atoms with Crippen molar-refractivity contribution in [2.24, 2.45) is 0 Å². The van der Waals surface area contributed by atoms with Crippen LogP contribution in [0.4, 0.5) is 0 Å². The Morgan fingerprint density at radius 1 is 0.246 bits per heavy atom. The van der Waals surface area contributed by atoms with E-state index in [0.29, 0.717) is 5.82 Å². The maximum absolute atomic E-state index is 5.34. The van der Waals surface area contributed by atoms with Crippen molar-refractivity contribution < 1.29 is 0 Å². The number of fused-ring (bicyclic) bond motifs is 9. The second kappa shape index (κ2) is 15.7. The number of aromatic nitrogens is 5. The molecular weight excluding hydrogens is 839 g/mol. The van der Waals surface area contributed by atoms with Gasteiger partial charge in [-0.2, -0.15) is 0 Å². The summed E-state index contributed by atoms with van der Waals surface area (Å²) in [4.78, 5) is 10.5. The van der Waals surface area contributed by atoms with Crippen LogP contribution < -0.4 is 0 Å². The Bertz CT molecular complexity index is 4140. The van der Waals surface area contributed by atoms with Crippen molar-refractivity contribution in [3.8, 4) is 62.1 Å². The first-order valence-corrected chi connectivity index (χ1v) is 23.5. The highest BCUT2D eigenvalue weighted by Crippen LogP contribution is 2.43. The summed E-state index contributed by atoms with van der Waals surface area (Å²) in [6.45, 7) is 0.